The molecule has 5 nitrogen and oxygen atoms in total. The lowest BCUT2D eigenvalue weighted by Crippen LogP contribution is -2.59. The Labute approximate surface area is 108 Å². The number of nitrogens with zero attached hydrogens (tertiary/aromatic N) is 1. The molecule has 0 fully saturated rings. The molecule has 0 radical (unpaired) electrons. The average molecular weight is 253 g/mol. The van der Waals surface area contributed by atoms with E-state index in [1.807, 2.05) is 34.6 Å². The molecule has 0 aromatic carbocycles. The topological polar surface area (TPSA) is 84.6 Å². The van der Waals surface area contributed by atoms with Gasteiger partial charge in [-0.15, -0.1) is 0 Å². The van der Waals surface area contributed by atoms with Crippen molar-refractivity contribution in [1.29, 1.82) is 0 Å². The van der Waals surface area contributed by atoms with Crippen LogP contribution < -0.4 is 11.1 Å². The number of aliphatic imine (C=N–C) groups is 1. The molecule has 1 heterocycles. The maximum Gasteiger partial charge on any atom is 0.263 e. The van der Waals surface area contributed by atoms with Crippen molar-refractivity contribution in [2.24, 2.45) is 21.6 Å². The zero-order valence-corrected chi connectivity index (χ0v) is 11.8. The third-order valence-electron chi connectivity index (χ3n) is 3.74. The number of amidine groups is 1. The summed E-state index contributed by atoms with van der Waals surface area (Å²) in [7, 11) is 0. The van der Waals surface area contributed by atoms with Crippen LogP contribution in [0.1, 0.15) is 47.5 Å². The van der Waals surface area contributed by atoms with Gasteiger partial charge in [0.15, 0.2) is 0 Å². The number of carbonyl (C=O) groups is 2. The fourth-order valence-electron chi connectivity index (χ4n) is 2.01. The number of nitrogens with one attached hydrogen (secondary N) is 1. The summed E-state index contributed by atoms with van der Waals surface area (Å²) in [5.41, 5.74) is 4.75. The number of nitrogens with two attached hydrogens (primary N) is 1. The van der Waals surface area contributed by atoms with Crippen LogP contribution in [0.2, 0.25) is 0 Å². The van der Waals surface area contributed by atoms with Crippen LogP contribution in [0, 0.1) is 10.8 Å². The Hall–Kier alpha value is -1.23. The molecule has 0 saturated heterocycles. The Kier molecular flexibility index (Phi) is 3.96. The van der Waals surface area contributed by atoms with Gasteiger partial charge in [0.1, 0.15) is 11.3 Å². The predicted octanol–water partition coefficient (Wildman–Crippen LogP) is 1.22. The first-order valence-electron chi connectivity index (χ1n) is 6.39. The predicted molar refractivity (Wildman–Crippen MR) is 71.0 cm³/mol. The zero-order chi connectivity index (χ0) is 14.1. The first-order chi connectivity index (χ1) is 8.19. The molecule has 1 aliphatic heterocycles. The van der Waals surface area contributed by atoms with Crippen LogP contribution in [0.5, 0.6) is 0 Å². The molecule has 0 aromatic rings. The van der Waals surface area contributed by atoms with Crippen LogP contribution in [0.4, 0.5) is 0 Å². The molecule has 0 aromatic heterocycles. The Morgan fingerprint density at radius 2 is 1.78 bits per heavy atom. The van der Waals surface area contributed by atoms with Crippen molar-refractivity contribution in [3.63, 3.8) is 0 Å². The molecule has 102 valence electrons. The van der Waals surface area contributed by atoms with Crippen molar-refractivity contribution in [1.82, 2.24) is 5.32 Å². The third kappa shape index (κ3) is 2.32. The Morgan fingerprint density at radius 1 is 1.28 bits per heavy atom. The van der Waals surface area contributed by atoms with Gasteiger partial charge in [0.2, 0.25) is 5.91 Å². The second-order valence-corrected chi connectivity index (χ2v) is 5.89. The first-order valence-corrected chi connectivity index (χ1v) is 6.39. The van der Waals surface area contributed by atoms with E-state index in [0.717, 1.165) is 0 Å². The van der Waals surface area contributed by atoms with Crippen LogP contribution in [0.15, 0.2) is 4.99 Å². The zero-order valence-electron chi connectivity index (χ0n) is 11.8. The highest BCUT2D eigenvalue weighted by molar-refractivity contribution is 6.19. The molecule has 0 saturated carbocycles. The van der Waals surface area contributed by atoms with E-state index < -0.39 is 11.5 Å². The van der Waals surface area contributed by atoms with Crippen molar-refractivity contribution < 1.29 is 9.59 Å². The summed E-state index contributed by atoms with van der Waals surface area (Å²) in [6.45, 7) is 9.48. The molecule has 18 heavy (non-hydrogen) atoms. The first kappa shape index (κ1) is 14.8. The number of amides is 2. The second-order valence-electron chi connectivity index (χ2n) is 5.89. The number of hydrogen-bond acceptors (Lipinski definition) is 3. The van der Waals surface area contributed by atoms with E-state index in [4.69, 9.17) is 5.73 Å². The standard InChI is InChI=1S/C13H23N3O2/c1-6-13(7-2)10(17)15-9(16-11(13)18)8(14)12(3,4)5/h8H,6-7,14H2,1-5H3,(H,15,16,17,18). The van der Waals surface area contributed by atoms with Gasteiger partial charge in [-0.3, -0.25) is 9.59 Å². The molecule has 0 bridgehead atoms. The summed E-state index contributed by atoms with van der Waals surface area (Å²) in [5, 5.41) is 2.71. The minimum Gasteiger partial charge on any atom is -0.321 e. The number of rotatable bonds is 3. The Morgan fingerprint density at radius 3 is 2.11 bits per heavy atom. The van der Waals surface area contributed by atoms with E-state index in [9.17, 15) is 9.59 Å². The molecule has 1 rings (SSSR count). The van der Waals surface area contributed by atoms with Crippen LogP contribution in [-0.4, -0.2) is 23.7 Å². The van der Waals surface area contributed by atoms with Gasteiger partial charge in [-0.25, -0.2) is 0 Å². The lowest BCUT2D eigenvalue weighted by Gasteiger charge is -2.35. The molecular formula is C13H23N3O2. The van der Waals surface area contributed by atoms with E-state index in [1.54, 1.807) is 0 Å². The van der Waals surface area contributed by atoms with E-state index in [-0.39, 0.29) is 23.1 Å². The minimum absolute atomic E-state index is 0.259. The van der Waals surface area contributed by atoms with Crippen molar-refractivity contribution in [2.45, 2.75) is 53.5 Å². The summed E-state index contributed by atoms with van der Waals surface area (Å²) in [6, 6.07) is -0.461. The molecule has 1 atom stereocenters. The highest BCUT2D eigenvalue weighted by atomic mass is 16.2. The Balaban J connectivity index is 3.12. The molecule has 1 unspecified atom stereocenters. The average Bonchev–Trinajstić information content (AvgIpc) is 2.27. The lowest BCUT2D eigenvalue weighted by atomic mass is 9.78. The van der Waals surface area contributed by atoms with Crippen molar-refractivity contribution in [3.8, 4) is 0 Å². The van der Waals surface area contributed by atoms with Crippen molar-refractivity contribution >= 4 is 17.6 Å². The maximum atomic E-state index is 12.2. The van der Waals surface area contributed by atoms with Gasteiger partial charge in [0.05, 0.1) is 6.04 Å². The summed E-state index contributed by atoms with van der Waals surface area (Å²) in [5.74, 6) is -0.358. The molecule has 0 spiro atoms. The van der Waals surface area contributed by atoms with Crippen LogP contribution in [0.3, 0.4) is 0 Å². The highest BCUT2D eigenvalue weighted by Gasteiger charge is 2.47. The second kappa shape index (κ2) is 4.80. The Bertz CT molecular complexity index is 390. The molecular weight excluding hydrogens is 230 g/mol. The summed E-state index contributed by atoms with van der Waals surface area (Å²) < 4.78 is 0. The molecule has 5 heteroatoms. The number of hydrogen-bond donors (Lipinski definition) is 2. The summed E-state index contributed by atoms with van der Waals surface area (Å²) in [6.07, 6.45) is 0.908. The van der Waals surface area contributed by atoms with E-state index >= 15 is 0 Å². The minimum atomic E-state index is -1.01. The SMILES string of the molecule is CCC1(CC)C(=O)N=C(C(N)C(C)(C)C)NC1=O. The van der Waals surface area contributed by atoms with Crippen LogP contribution >= 0.6 is 0 Å². The number of carbonyl (C=O) groups excluding carboxylic acids is 2. The lowest BCUT2D eigenvalue weighted by molar-refractivity contribution is -0.142. The smallest absolute Gasteiger partial charge is 0.263 e. The normalized spacial score (nSPS) is 21.3. The fraction of sp³-hybridized carbons (Fsp3) is 0.769. The van der Waals surface area contributed by atoms with E-state index in [0.29, 0.717) is 12.8 Å². The van der Waals surface area contributed by atoms with Gasteiger partial charge >= 0.3 is 0 Å². The van der Waals surface area contributed by atoms with E-state index in [2.05, 4.69) is 10.3 Å². The van der Waals surface area contributed by atoms with Crippen molar-refractivity contribution in [2.75, 3.05) is 0 Å². The monoisotopic (exact) mass is 253 g/mol. The van der Waals surface area contributed by atoms with Gasteiger partial charge in [-0.05, 0) is 18.3 Å². The third-order valence-corrected chi connectivity index (χ3v) is 3.74. The van der Waals surface area contributed by atoms with Gasteiger partial charge in [-0.1, -0.05) is 34.6 Å². The van der Waals surface area contributed by atoms with Gasteiger partial charge in [0.25, 0.3) is 5.91 Å². The summed E-state index contributed by atoms with van der Waals surface area (Å²) >= 11 is 0. The highest BCUT2D eigenvalue weighted by Crippen LogP contribution is 2.31. The van der Waals surface area contributed by atoms with Gasteiger partial charge in [-0.2, -0.15) is 4.99 Å². The fourth-order valence-corrected chi connectivity index (χ4v) is 2.01. The molecule has 2 amide bonds. The van der Waals surface area contributed by atoms with Gasteiger partial charge in [0, 0.05) is 0 Å². The summed E-state index contributed by atoms with van der Waals surface area (Å²) in [4.78, 5) is 28.3. The van der Waals surface area contributed by atoms with Gasteiger partial charge < -0.3 is 11.1 Å². The maximum absolute atomic E-state index is 12.2. The van der Waals surface area contributed by atoms with E-state index in [1.165, 1.54) is 0 Å². The van der Waals surface area contributed by atoms with Crippen molar-refractivity contribution in [3.05, 3.63) is 0 Å². The molecule has 1 aliphatic rings. The van der Waals surface area contributed by atoms with Crippen LogP contribution in [-0.2, 0) is 9.59 Å². The van der Waals surface area contributed by atoms with Crippen LogP contribution in [0.25, 0.3) is 0 Å². The molecule has 3 N–H and O–H groups in total. The molecule has 0 aliphatic carbocycles. The quantitative estimate of drug-likeness (QED) is 0.742. The largest absolute Gasteiger partial charge is 0.321 e.